The topological polar surface area (TPSA) is 72.2 Å². The molecule has 5 nitrogen and oxygen atoms in total. The number of hydrogen-bond acceptors (Lipinski definition) is 3. The molecule has 0 bridgehead atoms. The van der Waals surface area contributed by atoms with Crippen LogP contribution in [-0.4, -0.2) is 10.8 Å². The molecule has 1 heterocycles. The van der Waals surface area contributed by atoms with Gasteiger partial charge in [-0.15, -0.1) is 0 Å². The number of hydrogen-bond donors (Lipinski definition) is 1. The van der Waals surface area contributed by atoms with Crippen LogP contribution in [-0.2, 0) is 0 Å². The zero-order valence-corrected chi connectivity index (χ0v) is 7.48. The molecule has 1 aromatic carbocycles. The second-order valence-corrected chi connectivity index (χ2v) is 3.22. The summed E-state index contributed by atoms with van der Waals surface area (Å²) in [6, 6.07) is 4.29. The van der Waals surface area contributed by atoms with E-state index in [1.54, 1.807) is 6.07 Å². The van der Waals surface area contributed by atoms with Gasteiger partial charge in [0.25, 0.3) is 11.6 Å². The van der Waals surface area contributed by atoms with Crippen LogP contribution in [0.5, 0.6) is 0 Å². The van der Waals surface area contributed by atoms with E-state index in [9.17, 15) is 14.9 Å². The number of nitro groups is 1. The van der Waals surface area contributed by atoms with Gasteiger partial charge in [-0.1, -0.05) is 0 Å². The van der Waals surface area contributed by atoms with Crippen molar-refractivity contribution in [1.82, 2.24) is 5.32 Å². The fraction of sp³-hybridized carbons (Fsp3) is 0.222. The van der Waals surface area contributed by atoms with Crippen molar-refractivity contribution in [2.24, 2.45) is 0 Å². The van der Waals surface area contributed by atoms with Crippen molar-refractivity contribution in [1.29, 1.82) is 0 Å². The number of rotatable bonds is 1. The summed E-state index contributed by atoms with van der Waals surface area (Å²) in [5.74, 6) is -0.240. The Morgan fingerprint density at radius 3 is 2.86 bits per heavy atom. The van der Waals surface area contributed by atoms with Gasteiger partial charge in [0.05, 0.1) is 16.5 Å². The molecule has 1 aliphatic heterocycles. The molecule has 0 aliphatic carbocycles. The fourth-order valence-corrected chi connectivity index (χ4v) is 1.58. The predicted molar refractivity (Wildman–Crippen MR) is 49.0 cm³/mol. The van der Waals surface area contributed by atoms with E-state index in [1.165, 1.54) is 12.1 Å². The number of nitro benzene ring substituents is 1. The highest BCUT2D eigenvalue weighted by Gasteiger charge is 2.26. The number of fused-ring (bicyclic) bond motifs is 1. The van der Waals surface area contributed by atoms with Crippen LogP contribution in [0.1, 0.15) is 28.9 Å². The van der Waals surface area contributed by atoms with E-state index in [-0.39, 0.29) is 17.6 Å². The molecular formula is C9H8N2O3. The lowest BCUT2D eigenvalue weighted by Crippen LogP contribution is -2.16. The number of amides is 1. The largest absolute Gasteiger partial charge is 0.345 e. The van der Waals surface area contributed by atoms with Gasteiger partial charge in [-0.2, -0.15) is 0 Å². The maximum atomic E-state index is 11.3. The van der Waals surface area contributed by atoms with Gasteiger partial charge in [0, 0.05) is 12.1 Å². The quantitative estimate of drug-likeness (QED) is 0.540. The first-order chi connectivity index (χ1) is 6.59. The highest BCUT2D eigenvalue weighted by molar-refractivity contribution is 5.99. The highest BCUT2D eigenvalue weighted by atomic mass is 16.6. The van der Waals surface area contributed by atoms with Crippen molar-refractivity contribution in [2.75, 3.05) is 0 Å². The molecule has 1 N–H and O–H groups in total. The molecule has 0 spiro atoms. The summed E-state index contributed by atoms with van der Waals surface area (Å²) in [4.78, 5) is 21.3. The van der Waals surface area contributed by atoms with Crippen molar-refractivity contribution in [3.63, 3.8) is 0 Å². The maximum absolute atomic E-state index is 11.3. The zero-order chi connectivity index (χ0) is 10.3. The van der Waals surface area contributed by atoms with Crippen LogP contribution in [0.15, 0.2) is 18.2 Å². The highest BCUT2D eigenvalue weighted by Crippen LogP contribution is 2.27. The van der Waals surface area contributed by atoms with Gasteiger partial charge in [0.1, 0.15) is 0 Å². The Labute approximate surface area is 79.9 Å². The van der Waals surface area contributed by atoms with Gasteiger partial charge in [-0.05, 0) is 18.6 Å². The van der Waals surface area contributed by atoms with Crippen molar-refractivity contribution in [3.8, 4) is 0 Å². The third kappa shape index (κ3) is 1.14. The van der Waals surface area contributed by atoms with Crippen LogP contribution in [0.3, 0.4) is 0 Å². The number of non-ortho nitro benzene ring substituents is 1. The van der Waals surface area contributed by atoms with E-state index in [4.69, 9.17) is 0 Å². The Balaban J connectivity index is 2.55. The smallest absolute Gasteiger partial charge is 0.270 e. The van der Waals surface area contributed by atoms with E-state index in [0.29, 0.717) is 5.56 Å². The summed E-state index contributed by atoms with van der Waals surface area (Å²) >= 11 is 0. The molecule has 1 atom stereocenters. The molecule has 0 aromatic heterocycles. The average Bonchev–Trinajstić information content (AvgIpc) is 2.42. The Morgan fingerprint density at radius 2 is 2.21 bits per heavy atom. The van der Waals surface area contributed by atoms with Crippen LogP contribution >= 0.6 is 0 Å². The molecule has 0 saturated carbocycles. The monoisotopic (exact) mass is 192 g/mol. The first-order valence-electron chi connectivity index (χ1n) is 4.19. The zero-order valence-electron chi connectivity index (χ0n) is 7.48. The minimum atomic E-state index is -0.503. The lowest BCUT2D eigenvalue weighted by molar-refractivity contribution is -0.384. The van der Waals surface area contributed by atoms with Crippen molar-refractivity contribution >= 4 is 11.6 Å². The van der Waals surface area contributed by atoms with Gasteiger partial charge in [-0.25, -0.2) is 0 Å². The fourth-order valence-electron chi connectivity index (χ4n) is 1.58. The minimum Gasteiger partial charge on any atom is -0.345 e. The Kier molecular flexibility index (Phi) is 1.73. The summed E-state index contributed by atoms with van der Waals surface area (Å²) in [7, 11) is 0. The standard InChI is InChI=1S/C9H8N2O3/c1-5-7-3-2-6(11(13)14)4-8(7)9(12)10-5/h2-5H,1H3,(H,10,12)/t5-/m1/s1. The molecule has 0 fully saturated rings. The second-order valence-electron chi connectivity index (χ2n) is 3.22. The number of carbonyl (C=O) groups is 1. The van der Waals surface area contributed by atoms with Crippen LogP contribution in [0.25, 0.3) is 0 Å². The van der Waals surface area contributed by atoms with E-state index in [1.807, 2.05) is 6.92 Å². The third-order valence-corrected chi connectivity index (χ3v) is 2.31. The minimum absolute atomic E-state index is 0.0481. The van der Waals surface area contributed by atoms with Gasteiger partial charge in [0.2, 0.25) is 0 Å². The van der Waals surface area contributed by atoms with E-state index in [0.717, 1.165) is 5.56 Å². The molecule has 1 aliphatic rings. The number of nitrogens with zero attached hydrogens (tertiary/aromatic N) is 1. The first-order valence-corrected chi connectivity index (χ1v) is 4.19. The SMILES string of the molecule is C[C@H]1NC(=O)c2cc([N+](=O)[O-])ccc21. The number of benzene rings is 1. The molecule has 0 radical (unpaired) electrons. The number of carbonyl (C=O) groups excluding carboxylic acids is 1. The lowest BCUT2D eigenvalue weighted by atomic mass is 10.1. The van der Waals surface area contributed by atoms with Crippen molar-refractivity contribution in [2.45, 2.75) is 13.0 Å². The molecule has 0 saturated heterocycles. The van der Waals surface area contributed by atoms with E-state index < -0.39 is 4.92 Å². The molecule has 2 rings (SSSR count). The first kappa shape index (κ1) is 8.68. The molecule has 5 heteroatoms. The molecule has 0 unspecified atom stereocenters. The van der Waals surface area contributed by atoms with Gasteiger partial charge in [-0.3, -0.25) is 14.9 Å². The van der Waals surface area contributed by atoms with Gasteiger partial charge in [0.15, 0.2) is 0 Å². The van der Waals surface area contributed by atoms with Crippen LogP contribution in [0.2, 0.25) is 0 Å². The third-order valence-electron chi connectivity index (χ3n) is 2.31. The summed E-state index contributed by atoms with van der Waals surface area (Å²) in [5, 5.41) is 13.1. The molecular weight excluding hydrogens is 184 g/mol. The second kappa shape index (κ2) is 2.80. The average molecular weight is 192 g/mol. The predicted octanol–water partition coefficient (Wildman–Crippen LogP) is 1.40. The molecule has 14 heavy (non-hydrogen) atoms. The Morgan fingerprint density at radius 1 is 1.50 bits per heavy atom. The number of nitrogens with one attached hydrogen (secondary N) is 1. The van der Waals surface area contributed by atoms with Crippen LogP contribution < -0.4 is 5.32 Å². The van der Waals surface area contributed by atoms with Crippen LogP contribution in [0, 0.1) is 10.1 Å². The van der Waals surface area contributed by atoms with Crippen LogP contribution in [0.4, 0.5) is 5.69 Å². The Bertz CT molecular complexity index is 428. The summed E-state index contributed by atoms with van der Waals surface area (Å²) in [6.07, 6.45) is 0. The van der Waals surface area contributed by atoms with Crippen molar-refractivity contribution in [3.05, 3.63) is 39.4 Å². The van der Waals surface area contributed by atoms with E-state index in [2.05, 4.69) is 5.32 Å². The maximum Gasteiger partial charge on any atom is 0.270 e. The summed E-state index contributed by atoms with van der Waals surface area (Å²) < 4.78 is 0. The molecule has 1 aromatic rings. The molecule has 1 amide bonds. The normalized spacial score (nSPS) is 18.9. The Hall–Kier alpha value is -1.91. The van der Waals surface area contributed by atoms with Gasteiger partial charge >= 0.3 is 0 Å². The van der Waals surface area contributed by atoms with Crippen molar-refractivity contribution < 1.29 is 9.72 Å². The lowest BCUT2D eigenvalue weighted by Gasteiger charge is -2.01. The van der Waals surface area contributed by atoms with E-state index >= 15 is 0 Å². The molecule has 72 valence electrons. The summed E-state index contributed by atoms with van der Waals surface area (Å²) in [6.45, 7) is 1.84. The van der Waals surface area contributed by atoms with Gasteiger partial charge < -0.3 is 5.32 Å². The summed E-state index contributed by atoms with van der Waals surface area (Å²) in [5.41, 5.74) is 1.18.